The van der Waals surface area contributed by atoms with Gasteiger partial charge in [0.2, 0.25) is 0 Å². The third-order valence-electron chi connectivity index (χ3n) is 4.08. The molecule has 0 atom stereocenters. The summed E-state index contributed by atoms with van der Waals surface area (Å²) in [6.07, 6.45) is 0. The standard InChI is InChI=1S/C16H20N4O8S2/c1-4-20-15(21)11(8-30(24,25)26)9(2)14(16(20)22)19-18-12-7-10(17-3)5-6-13(12)29-28-27-23/h5-7,17,21,23H,4,8H2,1-3H3,(H,24,25,26). The molecule has 12 nitrogen and oxygen atoms in total. The molecule has 1 heterocycles. The van der Waals surface area contributed by atoms with Gasteiger partial charge in [-0.1, -0.05) is 5.04 Å². The number of anilines is 1. The van der Waals surface area contributed by atoms with Gasteiger partial charge in [0.25, 0.3) is 15.7 Å². The van der Waals surface area contributed by atoms with Crippen molar-refractivity contribution in [2.75, 3.05) is 12.4 Å². The van der Waals surface area contributed by atoms with Gasteiger partial charge >= 0.3 is 0 Å². The summed E-state index contributed by atoms with van der Waals surface area (Å²) in [6.45, 7) is 2.99. The highest BCUT2D eigenvalue weighted by molar-refractivity contribution is 7.94. The Morgan fingerprint density at radius 1 is 1.30 bits per heavy atom. The van der Waals surface area contributed by atoms with E-state index in [1.165, 1.54) is 6.92 Å². The predicted octanol–water partition coefficient (Wildman–Crippen LogP) is 3.16. The minimum absolute atomic E-state index is 0.0317. The maximum absolute atomic E-state index is 12.7. The highest BCUT2D eigenvalue weighted by Gasteiger charge is 2.22. The lowest BCUT2D eigenvalue weighted by atomic mass is 10.1. The molecule has 0 aliphatic rings. The molecule has 164 valence electrons. The number of azo groups is 1. The average molecular weight is 460 g/mol. The number of benzene rings is 1. The van der Waals surface area contributed by atoms with Crippen LogP contribution in [0.15, 0.2) is 38.1 Å². The number of hydrogen-bond acceptors (Lipinski definition) is 11. The summed E-state index contributed by atoms with van der Waals surface area (Å²) in [5, 5.41) is 33.1. The van der Waals surface area contributed by atoms with Crippen LogP contribution in [-0.2, 0) is 31.8 Å². The summed E-state index contributed by atoms with van der Waals surface area (Å²) < 4.78 is 37.2. The van der Waals surface area contributed by atoms with Gasteiger partial charge in [0.1, 0.15) is 11.4 Å². The normalized spacial score (nSPS) is 11.9. The van der Waals surface area contributed by atoms with Crippen LogP contribution in [0, 0.1) is 6.92 Å². The molecule has 0 amide bonds. The molecule has 0 unspecified atom stereocenters. The Balaban J connectivity index is 2.64. The van der Waals surface area contributed by atoms with Crippen molar-refractivity contribution >= 4 is 39.2 Å². The van der Waals surface area contributed by atoms with Gasteiger partial charge in [0.15, 0.2) is 11.6 Å². The number of pyridine rings is 1. The second-order valence-corrected chi connectivity index (χ2v) is 8.10. The van der Waals surface area contributed by atoms with E-state index in [1.54, 1.807) is 32.2 Å². The van der Waals surface area contributed by atoms with Crippen LogP contribution in [0.5, 0.6) is 5.88 Å². The first-order chi connectivity index (χ1) is 14.1. The van der Waals surface area contributed by atoms with Gasteiger partial charge in [-0.15, -0.1) is 14.6 Å². The minimum atomic E-state index is -4.48. The van der Waals surface area contributed by atoms with Crippen molar-refractivity contribution < 1.29 is 32.7 Å². The first-order valence-corrected chi connectivity index (χ1v) is 10.8. The molecular formula is C16H20N4O8S2. The Bertz CT molecular complexity index is 1120. The number of rotatable bonds is 9. The third-order valence-corrected chi connectivity index (χ3v) is 5.39. The molecule has 0 spiro atoms. The topological polar surface area (TPSA) is 172 Å². The zero-order valence-corrected chi connectivity index (χ0v) is 17.8. The van der Waals surface area contributed by atoms with Crippen LogP contribution in [0.25, 0.3) is 0 Å². The van der Waals surface area contributed by atoms with E-state index in [1.807, 2.05) is 0 Å². The molecule has 0 saturated carbocycles. The van der Waals surface area contributed by atoms with Gasteiger partial charge in [-0.25, -0.2) is 5.26 Å². The fourth-order valence-corrected chi connectivity index (χ4v) is 3.72. The number of nitrogens with one attached hydrogen (secondary N) is 1. The second-order valence-electron chi connectivity index (χ2n) is 5.91. The zero-order chi connectivity index (χ0) is 22.5. The molecule has 0 aliphatic heterocycles. The van der Waals surface area contributed by atoms with Crippen molar-refractivity contribution in [3.63, 3.8) is 0 Å². The van der Waals surface area contributed by atoms with E-state index in [9.17, 15) is 22.9 Å². The highest BCUT2D eigenvalue weighted by Crippen LogP contribution is 2.35. The highest BCUT2D eigenvalue weighted by atomic mass is 32.2. The Labute approximate surface area is 176 Å². The Kier molecular flexibility index (Phi) is 7.94. The Morgan fingerprint density at radius 2 is 2.00 bits per heavy atom. The smallest absolute Gasteiger partial charge is 0.281 e. The van der Waals surface area contributed by atoms with Crippen LogP contribution in [0.1, 0.15) is 18.1 Å². The second kappa shape index (κ2) is 10.0. The number of aromatic nitrogens is 1. The first kappa shape index (κ1) is 23.8. The number of aromatic hydroxyl groups is 1. The predicted molar refractivity (Wildman–Crippen MR) is 109 cm³/mol. The van der Waals surface area contributed by atoms with Crippen LogP contribution in [0.4, 0.5) is 17.1 Å². The molecule has 1 aromatic carbocycles. The van der Waals surface area contributed by atoms with Crippen molar-refractivity contribution in [1.29, 1.82) is 0 Å². The van der Waals surface area contributed by atoms with Gasteiger partial charge in [0.05, 0.1) is 16.9 Å². The van der Waals surface area contributed by atoms with E-state index in [4.69, 9.17) is 5.26 Å². The molecule has 30 heavy (non-hydrogen) atoms. The molecule has 0 saturated heterocycles. The van der Waals surface area contributed by atoms with E-state index in [0.29, 0.717) is 22.6 Å². The van der Waals surface area contributed by atoms with Crippen LogP contribution in [0.2, 0.25) is 0 Å². The van der Waals surface area contributed by atoms with Crippen molar-refractivity contribution in [3.8, 4) is 5.88 Å². The SMILES string of the molecule is CCn1c(O)c(CS(=O)(=O)O)c(C)c(N=Nc2cc(NC)ccc2SOOO)c1=O. The summed E-state index contributed by atoms with van der Waals surface area (Å²) >= 11 is 0.641. The lowest BCUT2D eigenvalue weighted by Gasteiger charge is -2.14. The van der Waals surface area contributed by atoms with Gasteiger partial charge in [-0.05, 0) is 37.6 Å². The molecule has 0 bridgehead atoms. The Hall–Kier alpha value is -2.49. The summed E-state index contributed by atoms with van der Waals surface area (Å²) in [5.74, 6) is -1.47. The summed E-state index contributed by atoms with van der Waals surface area (Å²) in [7, 11) is -2.80. The molecule has 2 rings (SSSR count). The van der Waals surface area contributed by atoms with Crippen molar-refractivity contribution in [3.05, 3.63) is 39.7 Å². The van der Waals surface area contributed by atoms with E-state index in [-0.39, 0.29) is 29.0 Å². The van der Waals surface area contributed by atoms with E-state index < -0.39 is 27.3 Å². The minimum Gasteiger partial charge on any atom is -0.494 e. The Morgan fingerprint density at radius 3 is 2.57 bits per heavy atom. The van der Waals surface area contributed by atoms with Crippen LogP contribution >= 0.6 is 12.0 Å². The van der Waals surface area contributed by atoms with Crippen LogP contribution in [0.3, 0.4) is 0 Å². The van der Waals surface area contributed by atoms with Gasteiger partial charge in [-0.3, -0.25) is 13.9 Å². The lowest BCUT2D eigenvalue weighted by molar-refractivity contribution is -0.432. The van der Waals surface area contributed by atoms with Crippen molar-refractivity contribution in [1.82, 2.24) is 4.57 Å². The maximum atomic E-state index is 12.7. The van der Waals surface area contributed by atoms with Gasteiger partial charge in [0, 0.05) is 24.8 Å². The largest absolute Gasteiger partial charge is 0.494 e. The third kappa shape index (κ3) is 5.56. The lowest BCUT2D eigenvalue weighted by Crippen LogP contribution is -2.22. The molecule has 2 aromatic rings. The van der Waals surface area contributed by atoms with Crippen molar-refractivity contribution in [2.45, 2.75) is 31.0 Å². The molecule has 0 aliphatic carbocycles. The van der Waals surface area contributed by atoms with Crippen molar-refractivity contribution in [2.24, 2.45) is 10.2 Å². The number of hydrogen-bond donors (Lipinski definition) is 4. The van der Waals surface area contributed by atoms with Crippen LogP contribution < -0.4 is 10.9 Å². The molecule has 4 N–H and O–H groups in total. The monoisotopic (exact) mass is 460 g/mol. The fourth-order valence-electron chi connectivity index (χ4n) is 2.60. The zero-order valence-electron chi connectivity index (χ0n) is 16.2. The molecule has 0 fully saturated rings. The maximum Gasteiger partial charge on any atom is 0.281 e. The van der Waals surface area contributed by atoms with Crippen LogP contribution in [-0.4, -0.2) is 34.9 Å². The van der Waals surface area contributed by atoms with E-state index in [0.717, 1.165) is 4.57 Å². The molecular weight excluding hydrogens is 440 g/mol. The summed E-state index contributed by atoms with van der Waals surface area (Å²) in [6, 6.07) is 4.88. The van der Waals surface area contributed by atoms with E-state index in [2.05, 4.69) is 24.9 Å². The van der Waals surface area contributed by atoms with Gasteiger partial charge in [-0.2, -0.15) is 8.42 Å². The van der Waals surface area contributed by atoms with Gasteiger partial charge < -0.3 is 10.4 Å². The molecule has 14 heteroatoms. The fraction of sp³-hybridized carbons (Fsp3) is 0.312. The molecule has 0 radical (unpaired) electrons. The molecule has 1 aromatic heterocycles. The summed E-state index contributed by atoms with van der Waals surface area (Å²) in [5.41, 5.74) is -0.0995. The summed E-state index contributed by atoms with van der Waals surface area (Å²) in [4.78, 5) is 13.1. The van der Waals surface area contributed by atoms with E-state index >= 15 is 0 Å². The number of nitrogens with zero attached hydrogens (tertiary/aromatic N) is 3. The quantitative estimate of drug-likeness (QED) is 0.143. The average Bonchev–Trinajstić information content (AvgIpc) is 2.69. The first-order valence-electron chi connectivity index (χ1n) is 8.41.